The molecule has 0 aromatic heterocycles. The monoisotopic (exact) mass is 273 g/mol. The first-order valence-electron chi connectivity index (χ1n) is 4.81. The van der Waals surface area contributed by atoms with Crippen LogP contribution in [0.25, 0.3) is 0 Å². The lowest BCUT2D eigenvalue weighted by atomic mass is 10.1. The molecular weight excluding hydrogens is 258 g/mol. The van der Waals surface area contributed by atoms with Crippen molar-refractivity contribution >= 4 is 15.9 Å². The summed E-state index contributed by atoms with van der Waals surface area (Å²) < 4.78 is 11.5. The van der Waals surface area contributed by atoms with Gasteiger partial charge < -0.3 is 15.2 Å². The van der Waals surface area contributed by atoms with E-state index in [0.29, 0.717) is 6.54 Å². The number of benzene rings is 1. The number of halogens is 1. The van der Waals surface area contributed by atoms with Crippen LogP contribution >= 0.6 is 15.9 Å². The summed E-state index contributed by atoms with van der Waals surface area (Å²) in [7, 11) is 3.28. The van der Waals surface area contributed by atoms with Crippen LogP contribution in [0.4, 0.5) is 0 Å². The lowest BCUT2D eigenvalue weighted by Crippen LogP contribution is -2.04. The van der Waals surface area contributed by atoms with Crippen LogP contribution in [0.2, 0.25) is 0 Å². The second kappa shape index (κ2) is 5.37. The quantitative estimate of drug-likeness (QED) is 0.917. The lowest BCUT2D eigenvalue weighted by Gasteiger charge is -2.16. The van der Waals surface area contributed by atoms with Gasteiger partial charge in [0.05, 0.1) is 14.2 Å². The highest BCUT2D eigenvalue weighted by Crippen LogP contribution is 2.40. The summed E-state index contributed by atoms with van der Waals surface area (Å²) in [6.45, 7) is 2.54. The predicted molar refractivity (Wildman–Crippen MR) is 64.5 cm³/mol. The Morgan fingerprint density at radius 3 is 2.13 bits per heavy atom. The fourth-order valence-electron chi connectivity index (χ4n) is 1.58. The molecule has 1 rings (SSSR count). The minimum absolute atomic E-state index is 0.457. The van der Waals surface area contributed by atoms with Crippen molar-refractivity contribution in [3.63, 3.8) is 0 Å². The zero-order valence-corrected chi connectivity index (χ0v) is 10.8. The van der Waals surface area contributed by atoms with Crippen molar-refractivity contribution in [3.8, 4) is 11.5 Å². The van der Waals surface area contributed by atoms with Crippen LogP contribution < -0.4 is 15.2 Å². The summed E-state index contributed by atoms with van der Waals surface area (Å²) in [6.07, 6.45) is 0.902. The van der Waals surface area contributed by atoms with Gasteiger partial charge in [0.25, 0.3) is 0 Å². The summed E-state index contributed by atoms with van der Waals surface area (Å²) in [6, 6.07) is 2.03. The molecule has 0 aliphatic carbocycles. The Labute approximate surface area is 98.7 Å². The van der Waals surface area contributed by atoms with Gasteiger partial charge in [-0.15, -0.1) is 0 Å². The smallest absolute Gasteiger partial charge is 0.141 e. The molecule has 0 amide bonds. The van der Waals surface area contributed by atoms with E-state index in [2.05, 4.69) is 22.9 Å². The van der Waals surface area contributed by atoms with Gasteiger partial charge in [-0.3, -0.25) is 0 Å². The molecule has 4 heteroatoms. The first kappa shape index (κ1) is 12.3. The number of aryl methyl sites for hydroxylation is 1. The van der Waals surface area contributed by atoms with Crippen LogP contribution in [-0.4, -0.2) is 14.2 Å². The fourth-order valence-corrected chi connectivity index (χ4v) is 2.42. The zero-order valence-electron chi connectivity index (χ0n) is 9.26. The summed E-state index contributed by atoms with van der Waals surface area (Å²) in [5.41, 5.74) is 7.79. The third-order valence-electron chi connectivity index (χ3n) is 2.34. The van der Waals surface area contributed by atoms with E-state index in [9.17, 15) is 0 Å². The molecule has 3 nitrogen and oxygen atoms in total. The molecule has 15 heavy (non-hydrogen) atoms. The molecule has 1 aromatic rings. The normalized spacial score (nSPS) is 10.2. The maximum atomic E-state index is 5.67. The fraction of sp³-hybridized carbons (Fsp3) is 0.455. The van der Waals surface area contributed by atoms with Gasteiger partial charge in [-0.25, -0.2) is 0 Å². The Morgan fingerprint density at radius 1 is 1.20 bits per heavy atom. The molecular formula is C11H16BrNO2. The molecule has 0 atom stereocenters. The number of hydrogen-bond acceptors (Lipinski definition) is 3. The van der Waals surface area contributed by atoms with Crippen LogP contribution in [0.1, 0.15) is 18.1 Å². The largest absolute Gasteiger partial charge is 0.495 e. The van der Waals surface area contributed by atoms with Crippen LogP contribution in [0.5, 0.6) is 11.5 Å². The number of rotatable bonds is 4. The van der Waals surface area contributed by atoms with E-state index < -0.39 is 0 Å². The van der Waals surface area contributed by atoms with Gasteiger partial charge in [-0.1, -0.05) is 6.92 Å². The summed E-state index contributed by atoms with van der Waals surface area (Å²) in [5, 5.41) is 0. The van der Waals surface area contributed by atoms with Gasteiger partial charge in [-0.05, 0) is 34.0 Å². The molecule has 0 fully saturated rings. The number of methoxy groups -OCH3 is 2. The van der Waals surface area contributed by atoms with Gasteiger partial charge in [0.2, 0.25) is 0 Å². The van der Waals surface area contributed by atoms with Crippen molar-refractivity contribution in [3.05, 3.63) is 21.7 Å². The molecule has 2 N–H and O–H groups in total. The van der Waals surface area contributed by atoms with E-state index in [1.807, 2.05) is 6.07 Å². The van der Waals surface area contributed by atoms with Crippen LogP contribution in [-0.2, 0) is 13.0 Å². The molecule has 0 saturated heterocycles. The third-order valence-corrected chi connectivity index (χ3v) is 3.06. The number of nitrogens with two attached hydrogens (primary N) is 1. The van der Waals surface area contributed by atoms with Crippen molar-refractivity contribution in [1.82, 2.24) is 0 Å². The van der Waals surface area contributed by atoms with E-state index in [4.69, 9.17) is 15.2 Å². The second-order valence-electron chi connectivity index (χ2n) is 3.13. The number of hydrogen-bond donors (Lipinski definition) is 1. The molecule has 0 bridgehead atoms. The maximum Gasteiger partial charge on any atom is 0.141 e. The van der Waals surface area contributed by atoms with Gasteiger partial charge in [0, 0.05) is 12.1 Å². The third kappa shape index (κ3) is 2.26. The highest BCUT2D eigenvalue weighted by atomic mass is 79.9. The molecule has 84 valence electrons. The van der Waals surface area contributed by atoms with E-state index in [-0.39, 0.29) is 0 Å². The highest BCUT2D eigenvalue weighted by Gasteiger charge is 2.15. The minimum atomic E-state index is 0.457. The molecule has 0 unspecified atom stereocenters. The maximum absolute atomic E-state index is 5.67. The van der Waals surface area contributed by atoms with E-state index >= 15 is 0 Å². The van der Waals surface area contributed by atoms with E-state index in [1.54, 1.807) is 14.2 Å². The first-order chi connectivity index (χ1) is 7.19. The van der Waals surface area contributed by atoms with E-state index in [0.717, 1.165) is 33.5 Å². The van der Waals surface area contributed by atoms with Gasteiger partial charge >= 0.3 is 0 Å². The standard InChI is InChI=1S/C11H16BrNO2/c1-4-7-5-8(6-13)11(15-3)9(12)10(7)14-2/h5H,4,6,13H2,1-3H3. The Kier molecular flexibility index (Phi) is 4.42. The summed E-state index contributed by atoms with van der Waals surface area (Å²) >= 11 is 3.48. The Bertz CT molecular complexity index is 323. The molecule has 0 heterocycles. The SMILES string of the molecule is CCc1cc(CN)c(OC)c(Br)c1OC. The first-order valence-corrected chi connectivity index (χ1v) is 5.61. The van der Waals surface area contributed by atoms with Crippen molar-refractivity contribution in [2.24, 2.45) is 5.73 Å². The summed E-state index contributed by atoms with van der Waals surface area (Å²) in [5.74, 6) is 1.58. The van der Waals surface area contributed by atoms with Crippen molar-refractivity contribution in [1.29, 1.82) is 0 Å². The van der Waals surface area contributed by atoms with Crippen LogP contribution in [0.3, 0.4) is 0 Å². The van der Waals surface area contributed by atoms with Crippen molar-refractivity contribution in [2.75, 3.05) is 14.2 Å². The highest BCUT2D eigenvalue weighted by molar-refractivity contribution is 9.10. The van der Waals surface area contributed by atoms with Crippen LogP contribution in [0, 0.1) is 0 Å². The average Bonchev–Trinajstić information content (AvgIpc) is 2.27. The number of ether oxygens (including phenoxy) is 2. The van der Waals surface area contributed by atoms with Crippen molar-refractivity contribution < 1.29 is 9.47 Å². The Hall–Kier alpha value is -0.740. The van der Waals surface area contributed by atoms with Gasteiger partial charge in [0.1, 0.15) is 16.0 Å². The summed E-state index contributed by atoms with van der Waals surface area (Å²) in [4.78, 5) is 0. The van der Waals surface area contributed by atoms with Gasteiger partial charge in [-0.2, -0.15) is 0 Å². The zero-order chi connectivity index (χ0) is 11.4. The van der Waals surface area contributed by atoms with Gasteiger partial charge in [0.15, 0.2) is 0 Å². The van der Waals surface area contributed by atoms with E-state index in [1.165, 1.54) is 0 Å². The Morgan fingerprint density at radius 2 is 1.73 bits per heavy atom. The molecule has 1 aromatic carbocycles. The molecule has 0 aliphatic rings. The van der Waals surface area contributed by atoms with Crippen molar-refractivity contribution in [2.45, 2.75) is 19.9 Å². The second-order valence-corrected chi connectivity index (χ2v) is 3.93. The lowest BCUT2D eigenvalue weighted by molar-refractivity contribution is 0.383. The minimum Gasteiger partial charge on any atom is -0.495 e. The Balaban J connectivity index is 3.41. The van der Waals surface area contributed by atoms with Crippen LogP contribution in [0.15, 0.2) is 10.5 Å². The average molecular weight is 274 g/mol. The topological polar surface area (TPSA) is 44.5 Å². The predicted octanol–water partition coefficient (Wildman–Crippen LogP) is 2.49. The molecule has 0 radical (unpaired) electrons. The molecule has 0 saturated carbocycles. The molecule has 0 spiro atoms. The molecule has 0 aliphatic heterocycles.